The Labute approximate surface area is 239 Å². The minimum Gasteiger partial charge on any atom is -0.394 e. The second-order valence-electron chi connectivity index (χ2n) is 13.3. The van der Waals surface area contributed by atoms with Gasteiger partial charge in [-0.25, -0.2) is 0 Å². The van der Waals surface area contributed by atoms with Crippen LogP contribution in [0.15, 0.2) is 0 Å². The first kappa shape index (κ1) is 33.3. The lowest BCUT2D eigenvalue weighted by atomic mass is 9.50. The van der Waals surface area contributed by atoms with Crippen molar-refractivity contribution in [3.05, 3.63) is 0 Å². The summed E-state index contributed by atoms with van der Waals surface area (Å²) in [5, 5.41) is 105. The van der Waals surface area contributed by atoms with Crippen LogP contribution in [0.1, 0.15) is 53.4 Å². The molecule has 0 aromatic heterocycles. The average Bonchev–Trinajstić information content (AvgIpc) is 2.89. The molecule has 4 aliphatic rings. The van der Waals surface area contributed by atoms with E-state index in [2.05, 4.69) is 0 Å². The molecule has 0 radical (unpaired) electrons. The fourth-order valence-corrected chi connectivity index (χ4v) is 7.39. The quantitative estimate of drug-likeness (QED) is 0.139. The lowest BCUT2D eigenvalue weighted by Gasteiger charge is -2.61. The Kier molecular flexibility index (Phi) is 9.83. The predicted octanol–water partition coefficient (Wildman–Crippen LogP) is -3.30. The zero-order valence-electron chi connectivity index (χ0n) is 23.9. The van der Waals surface area contributed by atoms with E-state index in [9.17, 15) is 51.1 Å². The van der Waals surface area contributed by atoms with Crippen LogP contribution in [-0.2, 0) is 18.9 Å². The Morgan fingerprint density at radius 3 is 1.93 bits per heavy atom. The molecule has 0 spiro atoms. The van der Waals surface area contributed by atoms with E-state index in [1.54, 1.807) is 20.8 Å². The van der Waals surface area contributed by atoms with E-state index >= 15 is 0 Å². The van der Waals surface area contributed by atoms with Gasteiger partial charge in [0.25, 0.3) is 0 Å². The second kappa shape index (κ2) is 12.1. The highest BCUT2D eigenvalue weighted by Crippen LogP contribution is 2.58. The second-order valence-corrected chi connectivity index (χ2v) is 13.3. The number of rotatable bonds is 7. The Bertz CT molecular complexity index is 881. The molecule has 2 aliphatic carbocycles. The highest BCUT2D eigenvalue weighted by atomic mass is 16.7. The molecule has 4 rings (SSSR count). The molecule has 0 unspecified atom stereocenters. The molecule has 0 aromatic carbocycles. The van der Waals surface area contributed by atoms with Crippen LogP contribution in [0.3, 0.4) is 0 Å². The van der Waals surface area contributed by atoms with E-state index in [-0.39, 0.29) is 6.42 Å². The summed E-state index contributed by atoms with van der Waals surface area (Å²) in [4.78, 5) is 0. The van der Waals surface area contributed by atoms with E-state index in [1.165, 1.54) is 0 Å². The SMILES string of the molecule is CC(C)(O)[C@@H]1CC[C@@]2(C)[C@@H](O)CC[C@@](C)(O)[C@H]2[C@H]1O[C@H]1O[C@H](CO[C@@H]2O[C@H](CO)[C@@H](O)[C@@H](O)[C@@H]2O)[C@H](O)[C@@H](O)[C@@H]1O. The van der Waals surface area contributed by atoms with Crippen LogP contribution in [0.5, 0.6) is 0 Å². The Balaban J connectivity index is 1.55. The molecular formula is C27H48O14. The molecule has 2 saturated heterocycles. The molecule has 240 valence electrons. The molecule has 10 N–H and O–H groups in total. The smallest absolute Gasteiger partial charge is 0.186 e. The maximum absolute atomic E-state index is 11.5. The number of aliphatic hydroxyl groups excluding tert-OH is 8. The van der Waals surface area contributed by atoms with Gasteiger partial charge in [0.05, 0.1) is 36.6 Å². The van der Waals surface area contributed by atoms with Crippen LogP contribution in [-0.4, -0.2) is 149 Å². The van der Waals surface area contributed by atoms with Crippen molar-refractivity contribution in [2.24, 2.45) is 17.3 Å². The number of aliphatic hydroxyl groups is 10. The Morgan fingerprint density at radius 2 is 1.34 bits per heavy atom. The van der Waals surface area contributed by atoms with Crippen molar-refractivity contribution in [2.75, 3.05) is 13.2 Å². The van der Waals surface area contributed by atoms with Crippen molar-refractivity contribution in [3.63, 3.8) is 0 Å². The van der Waals surface area contributed by atoms with Gasteiger partial charge in [-0.15, -0.1) is 0 Å². The fraction of sp³-hybridized carbons (Fsp3) is 1.00. The van der Waals surface area contributed by atoms with Gasteiger partial charge in [0.15, 0.2) is 12.6 Å². The first-order chi connectivity index (χ1) is 18.9. The van der Waals surface area contributed by atoms with Gasteiger partial charge in [0.1, 0.15) is 48.8 Å². The van der Waals surface area contributed by atoms with Crippen molar-refractivity contribution in [2.45, 2.75) is 138 Å². The summed E-state index contributed by atoms with van der Waals surface area (Å²) >= 11 is 0. The van der Waals surface area contributed by atoms with Gasteiger partial charge in [0.2, 0.25) is 0 Å². The number of hydrogen-bond acceptors (Lipinski definition) is 14. The van der Waals surface area contributed by atoms with Crippen LogP contribution >= 0.6 is 0 Å². The van der Waals surface area contributed by atoms with E-state index in [0.717, 1.165) is 0 Å². The normalized spacial score (nSPS) is 53.1. The molecule has 0 bridgehead atoms. The summed E-state index contributed by atoms with van der Waals surface area (Å²) in [6.45, 7) is 5.54. The van der Waals surface area contributed by atoms with Crippen molar-refractivity contribution in [1.29, 1.82) is 0 Å². The number of ether oxygens (including phenoxy) is 4. The summed E-state index contributed by atoms with van der Waals surface area (Å²) in [5.41, 5.74) is -3.36. The Morgan fingerprint density at radius 1 is 0.780 bits per heavy atom. The van der Waals surface area contributed by atoms with Gasteiger partial charge >= 0.3 is 0 Å². The van der Waals surface area contributed by atoms with Crippen molar-refractivity contribution in [3.8, 4) is 0 Å². The summed E-state index contributed by atoms with van der Waals surface area (Å²) in [6, 6.07) is 0. The molecule has 14 nitrogen and oxygen atoms in total. The minimum absolute atomic E-state index is 0.276. The molecule has 2 saturated carbocycles. The number of hydrogen-bond donors (Lipinski definition) is 10. The minimum atomic E-state index is -1.76. The van der Waals surface area contributed by atoms with E-state index in [1.807, 2.05) is 6.92 Å². The highest BCUT2D eigenvalue weighted by molar-refractivity contribution is 5.11. The van der Waals surface area contributed by atoms with Gasteiger partial charge in [-0.1, -0.05) is 6.92 Å². The molecule has 0 amide bonds. The van der Waals surface area contributed by atoms with Gasteiger partial charge in [-0.3, -0.25) is 0 Å². The fourth-order valence-electron chi connectivity index (χ4n) is 7.39. The summed E-state index contributed by atoms with van der Waals surface area (Å²) in [6.07, 6.45) is -15.9. The van der Waals surface area contributed by atoms with Crippen molar-refractivity contribution < 1.29 is 70.0 Å². The van der Waals surface area contributed by atoms with Crippen LogP contribution in [0, 0.1) is 17.3 Å². The highest BCUT2D eigenvalue weighted by Gasteiger charge is 2.62. The predicted molar refractivity (Wildman–Crippen MR) is 138 cm³/mol. The lowest BCUT2D eigenvalue weighted by molar-refractivity contribution is -0.353. The van der Waals surface area contributed by atoms with Crippen LogP contribution in [0.25, 0.3) is 0 Å². The molecular weight excluding hydrogens is 548 g/mol. The first-order valence-electron chi connectivity index (χ1n) is 14.3. The third-order valence-electron chi connectivity index (χ3n) is 9.93. The van der Waals surface area contributed by atoms with Gasteiger partial charge in [0, 0.05) is 17.3 Å². The summed E-state index contributed by atoms with van der Waals surface area (Å²) in [5.74, 6) is -1.24. The van der Waals surface area contributed by atoms with Gasteiger partial charge in [-0.2, -0.15) is 0 Å². The zero-order valence-corrected chi connectivity index (χ0v) is 23.9. The molecule has 2 heterocycles. The average molecular weight is 597 g/mol. The van der Waals surface area contributed by atoms with Crippen molar-refractivity contribution >= 4 is 0 Å². The maximum atomic E-state index is 11.5. The molecule has 2 aliphatic heterocycles. The maximum Gasteiger partial charge on any atom is 0.186 e. The van der Waals surface area contributed by atoms with Gasteiger partial charge < -0.3 is 70.0 Å². The summed E-state index contributed by atoms with van der Waals surface area (Å²) in [7, 11) is 0. The molecule has 0 aromatic rings. The molecule has 16 atom stereocenters. The van der Waals surface area contributed by atoms with E-state index < -0.39 is 115 Å². The van der Waals surface area contributed by atoms with E-state index in [0.29, 0.717) is 19.3 Å². The third-order valence-corrected chi connectivity index (χ3v) is 9.93. The third kappa shape index (κ3) is 6.20. The molecule has 41 heavy (non-hydrogen) atoms. The van der Waals surface area contributed by atoms with Crippen LogP contribution < -0.4 is 0 Å². The topological polar surface area (TPSA) is 239 Å². The first-order valence-corrected chi connectivity index (χ1v) is 14.3. The summed E-state index contributed by atoms with van der Waals surface area (Å²) < 4.78 is 23.0. The monoisotopic (exact) mass is 596 g/mol. The standard InChI is InChI=1S/C27H48O14/c1-25(2,36)11-5-7-26(3)14(29)6-8-27(4,37)22(26)21(11)41-24-20(35)18(33)16(31)13(40-24)10-38-23-19(34)17(32)15(30)12(9-28)39-23/h11-24,28-37H,5-10H2,1-4H3/t11-,12-,13-,14+,15-,16+,17-,18-,19+,20+,21+,22+,23-,24-,26+,27-/m1/s1. The number of fused-ring (bicyclic) bond motifs is 1. The van der Waals surface area contributed by atoms with Crippen LogP contribution in [0.2, 0.25) is 0 Å². The Hall–Kier alpha value is -0.560. The van der Waals surface area contributed by atoms with Crippen molar-refractivity contribution in [1.82, 2.24) is 0 Å². The van der Waals surface area contributed by atoms with Gasteiger partial charge in [-0.05, 0) is 46.5 Å². The van der Waals surface area contributed by atoms with E-state index in [4.69, 9.17) is 18.9 Å². The molecule has 4 fully saturated rings. The zero-order chi connectivity index (χ0) is 30.7. The lowest BCUT2D eigenvalue weighted by Crippen LogP contribution is -2.67. The molecule has 14 heteroatoms. The largest absolute Gasteiger partial charge is 0.394 e. The van der Waals surface area contributed by atoms with Crippen LogP contribution in [0.4, 0.5) is 0 Å².